The largest absolute Gasteiger partial charge is 0.397 e. The molecule has 62 valence electrons. The van der Waals surface area contributed by atoms with E-state index >= 15 is 0 Å². The van der Waals surface area contributed by atoms with Crippen LogP contribution in [0.15, 0.2) is 12.2 Å². The molecule has 0 fully saturated rings. The van der Waals surface area contributed by atoms with E-state index in [2.05, 4.69) is 10.8 Å². The monoisotopic (exact) mass is 172 g/mol. The van der Waals surface area contributed by atoms with E-state index < -0.39 is 10.4 Å². The molecule has 0 aromatic carbocycles. The van der Waals surface area contributed by atoms with Crippen LogP contribution in [0.2, 0.25) is 0 Å². The predicted molar refractivity (Wildman–Crippen MR) is 34.8 cm³/mol. The van der Waals surface area contributed by atoms with Gasteiger partial charge >= 0.3 is 10.4 Å². The Labute approximate surface area is 58.8 Å². The van der Waals surface area contributed by atoms with Crippen LogP contribution >= 0.6 is 0 Å². The molecule has 1 N–H and O–H groups in total. The van der Waals surface area contributed by atoms with Crippen LogP contribution in [0.1, 0.15) is 6.92 Å². The quantitative estimate of drug-likeness (QED) is 0.498. The number of hydrogen-bond donors (Lipinski definition) is 1. The first-order valence-corrected chi connectivity index (χ1v) is 3.54. The lowest BCUT2D eigenvalue weighted by molar-refractivity contribution is 0.290. The molecule has 0 aliphatic rings. The molecule has 0 spiro atoms. The lowest BCUT2D eigenvalue weighted by Gasteiger charge is -1.95. The maximum atomic E-state index is 9.83. The summed E-state index contributed by atoms with van der Waals surface area (Å²) in [5.41, 5.74) is 0.535. The predicted octanol–water partition coefficient (Wildman–Crippen LogP) is 0.534. The van der Waals surface area contributed by atoms with Gasteiger partial charge in [0.1, 0.15) is 0 Å². The second kappa shape index (κ2) is 4.37. The molecule has 0 atom stereocenters. The summed E-state index contributed by atoms with van der Waals surface area (Å²) in [5, 5.41) is 0. The van der Waals surface area contributed by atoms with Crippen LogP contribution in [-0.4, -0.2) is 19.6 Å². The van der Waals surface area contributed by atoms with Gasteiger partial charge in [-0.15, -0.1) is 0 Å². The summed E-state index contributed by atoms with van der Waals surface area (Å²) in [6, 6.07) is 0. The van der Waals surface area contributed by atoms with Crippen molar-refractivity contribution in [3.05, 3.63) is 12.2 Å². The SMILES string of the molecule is C=C(C)COS(=O)(=O)O.F. The highest BCUT2D eigenvalue weighted by molar-refractivity contribution is 7.80. The minimum Gasteiger partial charge on any atom is -0.269 e. The average molecular weight is 172 g/mol. The molecule has 0 aliphatic carbocycles. The lowest BCUT2D eigenvalue weighted by Crippen LogP contribution is -2.04. The summed E-state index contributed by atoms with van der Waals surface area (Å²) in [7, 11) is -4.28. The number of rotatable bonds is 3. The van der Waals surface area contributed by atoms with Gasteiger partial charge in [-0.2, -0.15) is 8.42 Å². The normalized spacial score (nSPS) is 10.2. The van der Waals surface area contributed by atoms with Crippen molar-refractivity contribution in [2.24, 2.45) is 0 Å². The third-order valence-corrected chi connectivity index (χ3v) is 0.870. The standard InChI is InChI=1S/C4H8O4S.FH/c1-4(2)3-8-9(5,6)7;/h1,3H2,2H3,(H,5,6,7);1H. The molecule has 0 amide bonds. The highest BCUT2D eigenvalue weighted by atomic mass is 32.3. The molecule has 0 rings (SSSR count). The van der Waals surface area contributed by atoms with Gasteiger partial charge in [-0.25, -0.2) is 4.18 Å². The van der Waals surface area contributed by atoms with Crippen LogP contribution < -0.4 is 0 Å². The summed E-state index contributed by atoms with van der Waals surface area (Å²) in [5.74, 6) is 0. The van der Waals surface area contributed by atoms with Crippen molar-refractivity contribution in [3.63, 3.8) is 0 Å². The Hall–Kier alpha value is -0.460. The summed E-state index contributed by atoms with van der Waals surface area (Å²) < 4.78 is 31.6. The van der Waals surface area contributed by atoms with Crippen molar-refractivity contribution < 1.29 is 21.9 Å². The molecule has 0 aliphatic heterocycles. The number of halogens is 1. The molecule has 0 saturated heterocycles. The molecule has 0 bridgehead atoms. The minimum atomic E-state index is -4.28. The molecular weight excluding hydrogens is 163 g/mol. The summed E-state index contributed by atoms with van der Waals surface area (Å²) in [6.07, 6.45) is 0. The Morgan fingerprint density at radius 2 is 2.10 bits per heavy atom. The maximum absolute atomic E-state index is 9.83. The first-order valence-electron chi connectivity index (χ1n) is 2.18. The van der Waals surface area contributed by atoms with E-state index in [1.165, 1.54) is 0 Å². The zero-order valence-corrected chi connectivity index (χ0v) is 6.22. The van der Waals surface area contributed by atoms with Gasteiger partial charge in [0.15, 0.2) is 0 Å². The van der Waals surface area contributed by atoms with Crippen LogP contribution in [0.5, 0.6) is 0 Å². The molecule has 0 saturated carbocycles. The van der Waals surface area contributed by atoms with Gasteiger partial charge in [0, 0.05) is 0 Å². The maximum Gasteiger partial charge on any atom is 0.397 e. The Morgan fingerprint density at radius 3 is 2.20 bits per heavy atom. The molecule has 6 heteroatoms. The van der Waals surface area contributed by atoms with Crippen LogP contribution in [0.3, 0.4) is 0 Å². The Bertz CT molecular complexity index is 195. The smallest absolute Gasteiger partial charge is 0.269 e. The van der Waals surface area contributed by atoms with Gasteiger partial charge in [-0.3, -0.25) is 9.26 Å². The van der Waals surface area contributed by atoms with Crippen LogP contribution in [-0.2, 0) is 14.6 Å². The van der Waals surface area contributed by atoms with Gasteiger partial charge in [0.05, 0.1) is 6.61 Å². The topological polar surface area (TPSA) is 63.6 Å². The molecule has 0 radical (unpaired) electrons. The first kappa shape index (κ1) is 12.2. The van der Waals surface area contributed by atoms with E-state index in [0.29, 0.717) is 5.57 Å². The summed E-state index contributed by atoms with van der Waals surface area (Å²) in [4.78, 5) is 0. The second-order valence-corrected chi connectivity index (χ2v) is 2.74. The average Bonchev–Trinajstić information content (AvgIpc) is 1.59. The molecule has 0 unspecified atom stereocenters. The third kappa shape index (κ3) is 10.5. The zero-order valence-electron chi connectivity index (χ0n) is 5.40. The Morgan fingerprint density at radius 1 is 1.70 bits per heavy atom. The van der Waals surface area contributed by atoms with Gasteiger partial charge in [0.2, 0.25) is 0 Å². The molecular formula is C4H9FO4S. The van der Waals surface area contributed by atoms with Gasteiger partial charge < -0.3 is 0 Å². The highest BCUT2D eigenvalue weighted by Gasteiger charge is 2.01. The van der Waals surface area contributed by atoms with Crippen molar-refractivity contribution in [1.29, 1.82) is 0 Å². The number of hydrogen-bond acceptors (Lipinski definition) is 3. The van der Waals surface area contributed by atoms with Crippen LogP contribution in [0.25, 0.3) is 0 Å². The van der Waals surface area contributed by atoms with Crippen LogP contribution in [0, 0.1) is 0 Å². The summed E-state index contributed by atoms with van der Waals surface area (Å²) in [6.45, 7) is 4.78. The van der Waals surface area contributed by atoms with Crippen LogP contribution in [0.4, 0.5) is 4.70 Å². The van der Waals surface area contributed by atoms with Crippen molar-refractivity contribution in [3.8, 4) is 0 Å². The minimum absolute atomic E-state index is 0. The van der Waals surface area contributed by atoms with E-state index in [0.717, 1.165) is 0 Å². The van der Waals surface area contributed by atoms with Crippen molar-refractivity contribution in [1.82, 2.24) is 0 Å². The Balaban J connectivity index is 0. The molecule has 0 aromatic heterocycles. The van der Waals surface area contributed by atoms with E-state index in [-0.39, 0.29) is 11.3 Å². The van der Waals surface area contributed by atoms with E-state index in [1.54, 1.807) is 6.92 Å². The Kier molecular flexibility index (Phi) is 5.35. The van der Waals surface area contributed by atoms with E-state index in [4.69, 9.17) is 4.55 Å². The lowest BCUT2D eigenvalue weighted by atomic mass is 10.4. The van der Waals surface area contributed by atoms with Crippen molar-refractivity contribution in [2.45, 2.75) is 6.92 Å². The molecule has 0 heterocycles. The van der Waals surface area contributed by atoms with Gasteiger partial charge in [0.25, 0.3) is 0 Å². The zero-order chi connectivity index (χ0) is 7.49. The van der Waals surface area contributed by atoms with E-state index in [9.17, 15) is 8.42 Å². The fraction of sp³-hybridized carbons (Fsp3) is 0.500. The fourth-order valence-electron chi connectivity index (χ4n) is 0.175. The third-order valence-electron chi connectivity index (χ3n) is 0.454. The fourth-order valence-corrected chi connectivity index (χ4v) is 0.525. The molecule has 10 heavy (non-hydrogen) atoms. The molecule has 4 nitrogen and oxygen atoms in total. The second-order valence-electron chi connectivity index (χ2n) is 1.65. The summed E-state index contributed by atoms with van der Waals surface area (Å²) >= 11 is 0. The first-order chi connectivity index (χ1) is 3.92. The molecule has 0 aromatic rings. The highest BCUT2D eigenvalue weighted by Crippen LogP contribution is 1.92. The van der Waals surface area contributed by atoms with Crippen molar-refractivity contribution >= 4 is 10.4 Å². The van der Waals surface area contributed by atoms with Gasteiger partial charge in [-0.1, -0.05) is 12.2 Å². The van der Waals surface area contributed by atoms with Crippen molar-refractivity contribution in [2.75, 3.05) is 6.61 Å². The van der Waals surface area contributed by atoms with E-state index in [1.807, 2.05) is 0 Å². The van der Waals surface area contributed by atoms with Gasteiger partial charge in [-0.05, 0) is 6.92 Å².